The molecule has 0 saturated carbocycles. The maximum Gasteiger partial charge on any atom is 0.425 e. The summed E-state index contributed by atoms with van der Waals surface area (Å²) in [4.78, 5) is 25.6. The van der Waals surface area contributed by atoms with Gasteiger partial charge in [0.2, 0.25) is 0 Å². The molecule has 1 unspecified atom stereocenters. The fourth-order valence-electron chi connectivity index (χ4n) is 3.44. The first-order valence-corrected chi connectivity index (χ1v) is 10.7. The molecule has 1 amide bonds. The van der Waals surface area contributed by atoms with Crippen LogP contribution in [0.5, 0.6) is 5.75 Å². The zero-order chi connectivity index (χ0) is 27.9. The number of nitrogens with zero attached hydrogens (tertiary/aromatic N) is 3. The Morgan fingerprint density at radius 3 is 2.24 bits per heavy atom. The predicted molar refractivity (Wildman–Crippen MR) is 118 cm³/mol. The van der Waals surface area contributed by atoms with Crippen LogP contribution in [0, 0.1) is 12.7 Å². The van der Waals surface area contributed by atoms with E-state index in [1.807, 2.05) is 0 Å². The minimum absolute atomic E-state index is 0.192. The Kier molecular flexibility index (Phi) is 7.42. The average molecular weight is 534 g/mol. The number of halogens is 7. The molecule has 0 radical (unpaired) electrons. The van der Waals surface area contributed by atoms with Gasteiger partial charge in [0.15, 0.2) is 6.10 Å². The fraction of sp³-hybridized carbons (Fsp3) is 0.348. The van der Waals surface area contributed by atoms with E-state index in [-0.39, 0.29) is 17.6 Å². The number of nitrogens with one attached hydrogen (secondary N) is 1. The second-order valence-electron chi connectivity index (χ2n) is 8.34. The number of aromatic nitrogens is 3. The van der Waals surface area contributed by atoms with Crippen molar-refractivity contribution in [3.05, 3.63) is 69.7 Å². The molecule has 3 aromatic rings. The number of carbonyl (C=O) groups is 1. The van der Waals surface area contributed by atoms with E-state index in [0.29, 0.717) is 29.8 Å². The van der Waals surface area contributed by atoms with E-state index in [2.05, 4.69) is 10.4 Å². The van der Waals surface area contributed by atoms with Crippen molar-refractivity contribution >= 4 is 11.6 Å². The molecule has 37 heavy (non-hydrogen) atoms. The molecule has 0 aliphatic rings. The topological polar surface area (TPSA) is 78.2 Å². The first-order chi connectivity index (χ1) is 17.0. The van der Waals surface area contributed by atoms with Crippen LogP contribution in [0.4, 0.5) is 36.4 Å². The Morgan fingerprint density at radius 1 is 1.05 bits per heavy atom. The third kappa shape index (κ3) is 5.94. The number of hydrogen-bond donors (Lipinski definition) is 1. The van der Waals surface area contributed by atoms with Gasteiger partial charge < -0.3 is 10.1 Å². The Hall–Kier alpha value is -3.84. The van der Waals surface area contributed by atoms with E-state index in [1.54, 1.807) is 13.8 Å². The van der Waals surface area contributed by atoms with Gasteiger partial charge in [0, 0.05) is 17.8 Å². The monoisotopic (exact) mass is 534 g/mol. The third-order valence-corrected chi connectivity index (χ3v) is 5.23. The van der Waals surface area contributed by atoms with Crippen molar-refractivity contribution in [3.63, 3.8) is 0 Å². The van der Waals surface area contributed by atoms with E-state index < -0.39 is 58.4 Å². The molecule has 0 saturated heterocycles. The summed E-state index contributed by atoms with van der Waals surface area (Å²) in [6, 6.07) is 4.32. The lowest BCUT2D eigenvalue weighted by Gasteiger charge is -2.20. The summed E-state index contributed by atoms with van der Waals surface area (Å²) in [7, 11) is 0. The molecular formula is C23H21F7N4O3. The van der Waals surface area contributed by atoms with Crippen molar-refractivity contribution in [2.75, 3.05) is 5.32 Å². The first-order valence-electron chi connectivity index (χ1n) is 10.7. The number of ether oxygens (including phenoxy) is 1. The van der Waals surface area contributed by atoms with Crippen LogP contribution >= 0.6 is 0 Å². The molecule has 1 N–H and O–H groups in total. The predicted octanol–water partition coefficient (Wildman–Crippen LogP) is 5.66. The van der Waals surface area contributed by atoms with Gasteiger partial charge in [-0.15, -0.1) is 0 Å². The number of hydrogen-bond acceptors (Lipinski definition) is 4. The number of alkyl halides is 6. The SMILES string of the molecule is Cc1nn(-c2cc(OC(C)C(F)(F)F)c(C(=O)Nc3cccc(C(F)(F)F)c3)cc2F)c(=O)n1C(C)C. The summed E-state index contributed by atoms with van der Waals surface area (Å²) in [6.45, 7) is 5.44. The summed E-state index contributed by atoms with van der Waals surface area (Å²) < 4.78 is 100. The molecule has 200 valence electrons. The maximum atomic E-state index is 15.1. The highest BCUT2D eigenvalue weighted by Crippen LogP contribution is 2.33. The number of aryl methyl sites for hydroxylation is 1. The maximum absolute atomic E-state index is 15.1. The Bertz CT molecular complexity index is 1370. The van der Waals surface area contributed by atoms with Crippen LogP contribution in [0.1, 0.15) is 48.6 Å². The largest absolute Gasteiger partial charge is 0.480 e. The summed E-state index contributed by atoms with van der Waals surface area (Å²) in [5.41, 5.74) is -3.57. The molecule has 0 aliphatic carbocycles. The van der Waals surface area contributed by atoms with Crippen molar-refractivity contribution in [1.82, 2.24) is 14.3 Å². The van der Waals surface area contributed by atoms with Crippen LogP contribution in [0.25, 0.3) is 5.69 Å². The van der Waals surface area contributed by atoms with Gasteiger partial charge in [0.1, 0.15) is 23.1 Å². The van der Waals surface area contributed by atoms with Gasteiger partial charge in [0.25, 0.3) is 5.91 Å². The van der Waals surface area contributed by atoms with Gasteiger partial charge >= 0.3 is 18.0 Å². The van der Waals surface area contributed by atoms with Gasteiger partial charge in [0.05, 0.1) is 11.1 Å². The molecular weight excluding hydrogens is 513 g/mol. The molecule has 1 atom stereocenters. The Balaban J connectivity index is 2.11. The zero-order valence-electron chi connectivity index (χ0n) is 19.8. The third-order valence-electron chi connectivity index (χ3n) is 5.23. The molecule has 14 heteroatoms. The molecule has 1 heterocycles. The summed E-state index contributed by atoms with van der Waals surface area (Å²) in [6.07, 6.45) is -12.1. The second-order valence-corrected chi connectivity index (χ2v) is 8.34. The Labute approximate surface area is 205 Å². The van der Waals surface area contributed by atoms with Gasteiger partial charge in [-0.1, -0.05) is 6.07 Å². The molecule has 1 aromatic heterocycles. The van der Waals surface area contributed by atoms with Gasteiger partial charge in [-0.25, -0.2) is 9.18 Å². The lowest BCUT2D eigenvalue weighted by atomic mass is 10.1. The van der Waals surface area contributed by atoms with Gasteiger partial charge in [-0.3, -0.25) is 9.36 Å². The lowest BCUT2D eigenvalue weighted by molar-refractivity contribution is -0.189. The standard InChI is InChI=1S/C23H21F7N4O3/c1-11(2)33-13(4)32-34(21(33)36)18-10-19(37-12(3)22(25,26)27)16(9-17(18)24)20(35)31-15-7-5-6-14(8-15)23(28,29)30/h5-12H,1-4H3,(H,31,35). The number of carbonyl (C=O) groups excluding carboxylic acids is 1. The van der Waals surface area contributed by atoms with Crippen molar-refractivity contribution in [2.45, 2.75) is 52.2 Å². The molecule has 0 aliphatic heterocycles. The second kappa shape index (κ2) is 9.90. The number of benzene rings is 2. The minimum Gasteiger partial charge on any atom is -0.480 e. The van der Waals surface area contributed by atoms with Crippen LogP contribution in [0.15, 0.2) is 41.2 Å². The summed E-state index contributed by atoms with van der Waals surface area (Å²) in [5.74, 6) is -3.03. The quantitative estimate of drug-likeness (QED) is 0.414. The first kappa shape index (κ1) is 27.7. The smallest absolute Gasteiger partial charge is 0.425 e. The Morgan fingerprint density at radius 2 is 1.70 bits per heavy atom. The van der Waals surface area contributed by atoms with Crippen LogP contribution in [-0.4, -0.2) is 32.5 Å². The highest BCUT2D eigenvalue weighted by molar-refractivity contribution is 6.06. The highest BCUT2D eigenvalue weighted by atomic mass is 19.4. The van der Waals surface area contributed by atoms with Gasteiger partial charge in [-0.05, 0) is 52.0 Å². The highest BCUT2D eigenvalue weighted by Gasteiger charge is 2.39. The lowest BCUT2D eigenvalue weighted by Crippen LogP contribution is -2.32. The molecule has 7 nitrogen and oxygen atoms in total. The summed E-state index contributed by atoms with van der Waals surface area (Å²) in [5, 5.41) is 6.04. The normalized spacial score (nSPS) is 13.1. The fourth-order valence-corrected chi connectivity index (χ4v) is 3.44. The molecule has 0 bridgehead atoms. The van der Waals surface area contributed by atoms with Crippen molar-refractivity contribution < 1.29 is 40.3 Å². The van der Waals surface area contributed by atoms with E-state index in [4.69, 9.17) is 4.74 Å². The van der Waals surface area contributed by atoms with Gasteiger partial charge in [-0.2, -0.15) is 36.1 Å². The van der Waals surface area contributed by atoms with Crippen LogP contribution in [0.3, 0.4) is 0 Å². The van der Waals surface area contributed by atoms with Crippen LogP contribution in [0.2, 0.25) is 0 Å². The molecule has 2 aromatic carbocycles. The van der Waals surface area contributed by atoms with E-state index in [9.17, 15) is 35.9 Å². The van der Waals surface area contributed by atoms with Crippen molar-refractivity contribution in [2.24, 2.45) is 0 Å². The number of rotatable bonds is 6. The zero-order valence-corrected chi connectivity index (χ0v) is 19.8. The average Bonchev–Trinajstić information content (AvgIpc) is 3.07. The van der Waals surface area contributed by atoms with Crippen molar-refractivity contribution in [1.29, 1.82) is 0 Å². The minimum atomic E-state index is -4.88. The van der Waals surface area contributed by atoms with E-state index in [0.717, 1.165) is 18.2 Å². The van der Waals surface area contributed by atoms with E-state index in [1.165, 1.54) is 11.5 Å². The molecule has 0 spiro atoms. The summed E-state index contributed by atoms with van der Waals surface area (Å²) >= 11 is 0. The van der Waals surface area contributed by atoms with Crippen LogP contribution < -0.4 is 15.7 Å². The van der Waals surface area contributed by atoms with E-state index >= 15 is 4.39 Å². The van der Waals surface area contributed by atoms with Crippen molar-refractivity contribution in [3.8, 4) is 11.4 Å². The molecule has 3 rings (SSSR count). The number of anilines is 1. The van der Waals surface area contributed by atoms with Crippen LogP contribution in [-0.2, 0) is 6.18 Å². The number of amides is 1. The molecule has 0 fully saturated rings.